The fourth-order valence-corrected chi connectivity index (χ4v) is 2.19. The fourth-order valence-electron chi connectivity index (χ4n) is 2.19. The number of nitro groups is 1. The SMILES string of the molecule is CNCCCCCc1cc(-c2ccc([N+](=O)[O-])cc2)n[nH]1. The molecule has 0 radical (unpaired) electrons. The largest absolute Gasteiger partial charge is 0.320 e. The van der Waals surface area contributed by atoms with Crippen LogP contribution in [0.4, 0.5) is 5.69 Å². The van der Waals surface area contributed by atoms with Gasteiger partial charge in [-0.05, 0) is 51.1 Å². The molecule has 1 aromatic heterocycles. The van der Waals surface area contributed by atoms with E-state index in [0.717, 1.165) is 36.3 Å². The third kappa shape index (κ3) is 4.39. The molecule has 2 rings (SSSR count). The highest BCUT2D eigenvalue weighted by Gasteiger charge is 2.07. The molecule has 0 aliphatic rings. The molecule has 6 heteroatoms. The molecule has 0 bridgehead atoms. The molecule has 2 N–H and O–H groups in total. The molecule has 0 saturated heterocycles. The van der Waals surface area contributed by atoms with Crippen LogP contribution >= 0.6 is 0 Å². The summed E-state index contributed by atoms with van der Waals surface area (Å²) in [6, 6.07) is 8.47. The van der Waals surface area contributed by atoms with Crippen LogP contribution in [0.1, 0.15) is 25.0 Å². The van der Waals surface area contributed by atoms with Crippen LogP contribution in [0, 0.1) is 10.1 Å². The van der Waals surface area contributed by atoms with E-state index in [4.69, 9.17) is 0 Å². The molecule has 6 nitrogen and oxygen atoms in total. The molecular formula is C15H20N4O2. The molecule has 0 aliphatic carbocycles. The Kier molecular flexibility index (Phi) is 5.45. The number of non-ortho nitro benzene ring substituents is 1. The van der Waals surface area contributed by atoms with E-state index >= 15 is 0 Å². The number of benzene rings is 1. The molecule has 0 unspecified atom stereocenters. The number of aromatic nitrogens is 2. The summed E-state index contributed by atoms with van der Waals surface area (Å²) in [5.41, 5.74) is 2.92. The number of aromatic amines is 1. The van der Waals surface area contributed by atoms with Gasteiger partial charge in [-0.3, -0.25) is 15.2 Å². The highest BCUT2D eigenvalue weighted by molar-refractivity contribution is 5.61. The van der Waals surface area contributed by atoms with Crippen LogP contribution in [0.25, 0.3) is 11.3 Å². The Morgan fingerprint density at radius 3 is 2.67 bits per heavy atom. The standard InChI is InChI=1S/C15H20N4O2/c1-16-10-4-2-3-5-13-11-15(18-17-13)12-6-8-14(9-7-12)19(20)21/h6-9,11,16H,2-5,10H2,1H3,(H,17,18). The Morgan fingerprint density at radius 1 is 1.24 bits per heavy atom. The number of nitro benzene ring substituents is 1. The van der Waals surface area contributed by atoms with Gasteiger partial charge in [0.25, 0.3) is 5.69 Å². The second kappa shape index (κ2) is 7.54. The average molecular weight is 288 g/mol. The summed E-state index contributed by atoms with van der Waals surface area (Å²) in [4.78, 5) is 10.2. The van der Waals surface area contributed by atoms with Gasteiger partial charge in [-0.2, -0.15) is 5.10 Å². The number of rotatable bonds is 8. The number of nitrogens with one attached hydrogen (secondary N) is 2. The van der Waals surface area contributed by atoms with Gasteiger partial charge in [0, 0.05) is 23.4 Å². The molecule has 1 heterocycles. The first kappa shape index (κ1) is 15.2. The summed E-state index contributed by atoms with van der Waals surface area (Å²) >= 11 is 0. The third-order valence-corrected chi connectivity index (χ3v) is 3.38. The summed E-state index contributed by atoms with van der Waals surface area (Å²) in [5.74, 6) is 0. The lowest BCUT2D eigenvalue weighted by Gasteiger charge is -1.98. The second-order valence-corrected chi connectivity index (χ2v) is 5.00. The van der Waals surface area contributed by atoms with Crippen molar-refractivity contribution < 1.29 is 4.92 Å². The maximum Gasteiger partial charge on any atom is 0.269 e. The fraction of sp³-hybridized carbons (Fsp3) is 0.400. The molecule has 0 atom stereocenters. The lowest BCUT2D eigenvalue weighted by molar-refractivity contribution is -0.384. The molecule has 112 valence electrons. The van der Waals surface area contributed by atoms with Gasteiger partial charge in [-0.15, -0.1) is 0 Å². The van der Waals surface area contributed by atoms with E-state index in [1.807, 2.05) is 13.1 Å². The first-order chi connectivity index (χ1) is 10.2. The third-order valence-electron chi connectivity index (χ3n) is 3.38. The Balaban J connectivity index is 1.91. The first-order valence-corrected chi connectivity index (χ1v) is 7.14. The Labute approximate surface area is 123 Å². The maximum absolute atomic E-state index is 10.6. The van der Waals surface area contributed by atoms with Crippen LogP contribution in [-0.4, -0.2) is 28.7 Å². The molecule has 21 heavy (non-hydrogen) atoms. The van der Waals surface area contributed by atoms with Crippen molar-refractivity contribution >= 4 is 5.69 Å². The summed E-state index contributed by atoms with van der Waals surface area (Å²) in [5, 5.41) is 21.1. The Bertz CT molecular complexity index is 578. The van der Waals surface area contributed by atoms with Gasteiger partial charge in [0.2, 0.25) is 0 Å². The Morgan fingerprint density at radius 2 is 2.00 bits per heavy atom. The smallest absolute Gasteiger partial charge is 0.269 e. The summed E-state index contributed by atoms with van der Waals surface area (Å²) in [6.45, 7) is 1.05. The van der Waals surface area contributed by atoms with Gasteiger partial charge in [0.05, 0.1) is 10.6 Å². The number of hydrogen-bond acceptors (Lipinski definition) is 4. The van der Waals surface area contributed by atoms with Gasteiger partial charge in [0.1, 0.15) is 0 Å². The summed E-state index contributed by atoms with van der Waals surface area (Å²) in [7, 11) is 1.96. The minimum Gasteiger partial charge on any atom is -0.320 e. The Hall–Kier alpha value is -2.21. The molecule has 0 aliphatic heterocycles. The second-order valence-electron chi connectivity index (χ2n) is 5.00. The van der Waals surface area contributed by atoms with Crippen LogP contribution in [-0.2, 0) is 6.42 Å². The van der Waals surface area contributed by atoms with Crippen molar-refractivity contribution in [2.75, 3.05) is 13.6 Å². The zero-order chi connectivity index (χ0) is 15.1. The molecule has 0 fully saturated rings. The highest BCUT2D eigenvalue weighted by Crippen LogP contribution is 2.21. The van der Waals surface area contributed by atoms with Crippen molar-refractivity contribution in [1.29, 1.82) is 0 Å². The van der Waals surface area contributed by atoms with Crippen molar-refractivity contribution in [1.82, 2.24) is 15.5 Å². The molecule has 1 aromatic carbocycles. The molecule has 2 aromatic rings. The topological polar surface area (TPSA) is 83.8 Å². The minimum atomic E-state index is -0.398. The van der Waals surface area contributed by atoms with Crippen molar-refractivity contribution in [3.8, 4) is 11.3 Å². The number of hydrogen-bond donors (Lipinski definition) is 2. The average Bonchev–Trinajstić information content (AvgIpc) is 2.96. The van der Waals surface area contributed by atoms with Gasteiger partial charge >= 0.3 is 0 Å². The van der Waals surface area contributed by atoms with Crippen LogP contribution < -0.4 is 5.32 Å². The van der Waals surface area contributed by atoms with Gasteiger partial charge in [-0.1, -0.05) is 6.42 Å². The lowest BCUT2D eigenvalue weighted by Crippen LogP contribution is -2.07. The van der Waals surface area contributed by atoms with Crippen LogP contribution in [0.2, 0.25) is 0 Å². The van der Waals surface area contributed by atoms with Crippen LogP contribution in [0.3, 0.4) is 0 Å². The number of H-pyrrole nitrogens is 1. The van der Waals surface area contributed by atoms with Crippen molar-refractivity contribution in [3.05, 3.63) is 46.1 Å². The lowest BCUT2D eigenvalue weighted by atomic mass is 10.1. The van der Waals surface area contributed by atoms with Gasteiger partial charge in [-0.25, -0.2) is 0 Å². The molecule has 0 amide bonds. The summed E-state index contributed by atoms with van der Waals surface area (Å²) < 4.78 is 0. The first-order valence-electron chi connectivity index (χ1n) is 7.14. The van der Waals surface area contributed by atoms with E-state index in [-0.39, 0.29) is 5.69 Å². The number of unbranched alkanes of at least 4 members (excludes halogenated alkanes) is 2. The van der Waals surface area contributed by atoms with Gasteiger partial charge < -0.3 is 5.32 Å². The predicted octanol–water partition coefficient (Wildman–Crippen LogP) is 2.92. The van der Waals surface area contributed by atoms with Gasteiger partial charge in [0.15, 0.2) is 0 Å². The monoisotopic (exact) mass is 288 g/mol. The van der Waals surface area contributed by atoms with Crippen molar-refractivity contribution in [2.24, 2.45) is 0 Å². The quantitative estimate of drug-likeness (QED) is 0.444. The zero-order valence-electron chi connectivity index (χ0n) is 12.1. The maximum atomic E-state index is 10.6. The van der Waals surface area contributed by atoms with Crippen LogP contribution in [0.15, 0.2) is 30.3 Å². The van der Waals surface area contributed by atoms with E-state index < -0.39 is 4.92 Å². The highest BCUT2D eigenvalue weighted by atomic mass is 16.6. The molecule has 0 saturated carbocycles. The minimum absolute atomic E-state index is 0.0963. The van der Waals surface area contributed by atoms with E-state index in [1.165, 1.54) is 25.0 Å². The van der Waals surface area contributed by atoms with E-state index in [0.29, 0.717) is 0 Å². The van der Waals surface area contributed by atoms with Crippen molar-refractivity contribution in [3.63, 3.8) is 0 Å². The predicted molar refractivity (Wildman–Crippen MR) is 82.2 cm³/mol. The van der Waals surface area contributed by atoms with E-state index in [2.05, 4.69) is 15.5 Å². The molecule has 0 spiro atoms. The van der Waals surface area contributed by atoms with E-state index in [1.54, 1.807) is 12.1 Å². The number of aryl methyl sites for hydroxylation is 1. The normalized spacial score (nSPS) is 10.7. The molecular weight excluding hydrogens is 268 g/mol. The zero-order valence-corrected chi connectivity index (χ0v) is 12.1. The summed E-state index contributed by atoms with van der Waals surface area (Å²) in [6.07, 6.45) is 4.47. The van der Waals surface area contributed by atoms with E-state index in [9.17, 15) is 10.1 Å². The van der Waals surface area contributed by atoms with Crippen LogP contribution in [0.5, 0.6) is 0 Å². The number of nitrogens with zero attached hydrogens (tertiary/aromatic N) is 2. The van der Waals surface area contributed by atoms with Crippen molar-refractivity contribution in [2.45, 2.75) is 25.7 Å².